The first-order valence-electron chi connectivity index (χ1n) is 4.50. The molecule has 0 fully saturated rings. The second kappa shape index (κ2) is 5.00. The van der Waals surface area contributed by atoms with Gasteiger partial charge in [0.2, 0.25) is 10.8 Å². The number of ether oxygens (including phenoxy) is 1. The predicted octanol–water partition coefficient (Wildman–Crippen LogP) is 4.39. The van der Waals surface area contributed by atoms with Gasteiger partial charge < -0.3 is 4.74 Å². The number of nitrogens with zero attached hydrogens (tertiary/aromatic N) is 2. The van der Waals surface area contributed by atoms with Crippen LogP contribution in [0.2, 0.25) is 0 Å². The van der Waals surface area contributed by atoms with E-state index in [1.165, 1.54) is 0 Å². The summed E-state index contributed by atoms with van der Waals surface area (Å²) in [4.78, 5) is 0. The average Bonchev–Trinajstić information content (AvgIpc) is 2.73. The summed E-state index contributed by atoms with van der Waals surface area (Å²) in [6.07, 6.45) is -4.67. The first kappa shape index (κ1) is 14.1. The molecule has 102 valence electrons. The highest BCUT2D eigenvalue weighted by Crippen LogP contribution is 2.36. The third-order valence-corrected chi connectivity index (χ3v) is 3.11. The van der Waals surface area contributed by atoms with Gasteiger partial charge in [-0.2, -0.15) is 17.6 Å². The van der Waals surface area contributed by atoms with Crippen molar-refractivity contribution < 1.29 is 26.7 Å². The van der Waals surface area contributed by atoms with E-state index in [0.29, 0.717) is 0 Å². The molecule has 10 heteroatoms. The number of rotatable bonds is 2. The zero-order chi connectivity index (χ0) is 14.2. The Morgan fingerprint density at radius 2 is 1.84 bits per heavy atom. The third-order valence-electron chi connectivity index (χ3n) is 1.81. The van der Waals surface area contributed by atoms with Gasteiger partial charge in [0.25, 0.3) is 5.19 Å². The molecule has 1 aromatic heterocycles. The van der Waals surface area contributed by atoms with E-state index in [1.807, 2.05) is 0 Å². The van der Waals surface area contributed by atoms with Gasteiger partial charge in [-0.1, -0.05) is 32.4 Å². The first-order valence-corrected chi connectivity index (χ1v) is 6.11. The van der Waals surface area contributed by atoms with Gasteiger partial charge in [-0.25, -0.2) is 4.39 Å². The monoisotopic (exact) mass is 360 g/mol. The van der Waals surface area contributed by atoms with Crippen LogP contribution in [0.25, 0.3) is 0 Å². The van der Waals surface area contributed by atoms with E-state index in [1.54, 1.807) is 0 Å². The van der Waals surface area contributed by atoms with Crippen molar-refractivity contribution in [2.75, 3.05) is 0 Å². The lowest BCUT2D eigenvalue weighted by Crippen LogP contribution is -2.03. The Morgan fingerprint density at radius 3 is 2.42 bits per heavy atom. The van der Waals surface area contributed by atoms with Crippen molar-refractivity contribution in [2.24, 2.45) is 0 Å². The number of hydrogen-bond acceptors (Lipinski definition) is 4. The van der Waals surface area contributed by atoms with Gasteiger partial charge in [-0.05, 0) is 12.1 Å². The highest BCUT2D eigenvalue weighted by molar-refractivity contribution is 9.10. The van der Waals surface area contributed by atoms with Gasteiger partial charge in [0.1, 0.15) is 0 Å². The quantitative estimate of drug-likeness (QED) is 0.588. The molecule has 0 aliphatic rings. The lowest BCUT2D eigenvalue weighted by molar-refractivity contribution is -0.138. The van der Waals surface area contributed by atoms with Crippen LogP contribution in [0, 0.1) is 11.6 Å². The fourth-order valence-electron chi connectivity index (χ4n) is 1.07. The Kier molecular flexibility index (Phi) is 3.72. The van der Waals surface area contributed by atoms with Gasteiger partial charge in [0, 0.05) is 4.47 Å². The molecule has 0 radical (unpaired) electrons. The summed E-state index contributed by atoms with van der Waals surface area (Å²) in [7, 11) is 0. The minimum absolute atomic E-state index is 0.0812. The fraction of sp³-hybridized carbons (Fsp3) is 0.111. The molecule has 19 heavy (non-hydrogen) atoms. The van der Waals surface area contributed by atoms with E-state index in [4.69, 9.17) is 4.74 Å². The molecule has 0 aliphatic heterocycles. The van der Waals surface area contributed by atoms with E-state index in [9.17, 15) is 22.0 Å². The molecule has 0 saturated carbocycles. The second-order valence-corrected chi connectivity index (χ2v) is 5.03. The van der Waals surface area contributed by atoms with Gasteiger partial charge in [0.05, 0.1) is 0 Å². The van der Waals surface area contributed by atoms with Crippen LogP contribution >= 0.6 is 27.3 Å². The molecule has 0 spiro atoms. The molecule has 1 aromatic carbocycles. The third kappa shape index (κ3) is 3.18. The molecule has 0 atom stereocenters. The molecule has 2 rings (SSSR count). The second-order valence-electron chi connectivity index (χ2n) is 3.17. The zero-order valence-corrected chi connectivity index (χ0v) is 11.0. The maximum atomic E-state index is 13.3. The summed E-state index contributed by atoms with van der Waals surface area (Å²) in [6, 6.07) is 1.91. The Bertz CT molecular complexity index is 615. The minimum atomic E-state index is -4.67. The summed E-state index contributed by atoms with van der Waals surface area (Å²) >= 11 is 2.98. The lowest BCUT2D eigenvalue weighted by atomic mass is 10.3. The summed E-state index contributed by atoms with van der Waals surface area (Å²) in [5.74, 6) is -3.12. The van der Waals surface area contributed by atoms with Crippen LogP contribution in [0.15, 0.2) is 16.6 Å². The van der Waals surface area contributed by atoms with Gasteiger partial charge >= 0.3 is 6.18 Å². The maximum absolute atomic E-state index is 13.3. The number of benzene rings is 1. The number of alkyl halides is 3. The van der Waals surface area contributed by atoms with Crippen LogP contribution in [-0.4, -0.2) is 10.2 Å². The molecule has 0 unspecified atom stereocenters. The zero-order valence-electron chi connectivity index (χ0n) is 8.63. The predicted molar refractivity (Wildman–Crippen MR) is 59.0 cm³/mol. The summed E-state index contributed by atoms with van der Waals surface area (Å²) in [5, 5.41) is 4.17. The van der Waals surface area contributed by atoms with Gasteiger partial charge in [0.15, 0.2) is 11.6 Å². The standard InChI is InChI=1S/C9H2BrF5N2OS/c10-3-1-4(11)6(12)5(2-3)18-8-17-16-7(19-8)9(13,14)15/h1-2H. The first-order chi connectivity index (χ1) is 8.77. The van der Waals surface area contributed by atoms with Gasteiger partial charge in [-0.15, -0.1) is 5.10 Å². The van der Waals surface area contributed by atoms with E-state index in [0.717, 1.165) is 12.1 Å². The van der Waals surface area contributed by atoms with Crippen molar-refractivity contribution in [1.82, 2.24) is 10.2 Å². The maximum Gasteiger partial charge on any atom is 0.445 e. The van der Waals surface area contributed by atoms with Crippen molar-refractivity contribution in [2.45, 2.75) is 6.18 Å². The van der Waals surface area contributed by atoms with Crippen LogP contribution in [0.1, 0.15) is 5.01 Å². The Hall–Kier alpha value is -1.29. The smallest absolute Gasteiger partial charge is 0.426 e. The lowest BCUT2D eigenvalue weighted by Gasteiger charge is -2.04. The molecule has 3 nitrogen and oxygen atoms in total. The normalized spacial score (nSPS) is 11.7. The van der Waals surface area contributed by atoms with E-state index < -0.39 is 33.8 Å². The molecule has 0 N–H and O–H groups in total. The van der Waals surface area contributed by atoms with Crippen molar-refractivity contribution in [3.8, 4) is 10.9 Å². The summed E-state index contributed by atoms with van der Waals surface area (Å²) in [5.41, 5.74) is 0. The minimum Gasteiger partial charge on any atom is -0.426 e. The molecule has 0 saturated heterocycles. The molecular formula is C9H2BrF5N2OS. The molecule has 0 bridgehead atoms. The largest absolute Gasteiger partial charge is 0.445 e. The van der Waals surface area contributed by atoms with Crippen LogP contribution < -0.4 is 4.74 Å². The van der Waals surface area contributed by atoms with E-state index in [-0.39, 0.29) is 15.8 Å². The SMILES string of the molecule is Fc1cc(Br)cc(Oc2nnc(C(F)(F)F)s2)c1F. The van der Waals surface area contributed by atoms with Crippen molar-refractivity contribution in [3.63, 3.8) is 0 Å². The highest BCUT2D eigenvalue weighted by Gasteiger charge is 2.36. The number of halogens is 6. The van der Waals surface area contributed by atoms with Crippen LogP contribution in [0.3, 0.4) is 0 Å². The van der Waals surface area contributed by atoms with Crippen LogP contribution in [-0.2, 0) is 6.18 Å². The van der Waals surface area contributed by atoms with Gasteiger partial charge in [-0.3, -0.25) is 0 Å². The average molecular weight is 361 g/mol. The Labute approximate surface area is 115 Å². The molecule has 2 aromatic rings. The van der Waals surface area contributed by atoms with Crippen LogP contribution in [0.5, 0.6) is 10.9 Å². The van der Waals surface area contributed by atoms with Crippen LogP contribution in [0.4, 0.5) is 22.0 Å². The van der Waals surface area contributed by atoms with Crippen molar-refractivity contribution >= 4 is 27.3 Å². The highest BCUT2D eigenvalue weighted by atomic mass is 79.9. The van der Waals surface area contributed by atoms with Crippen molar-refractivity contribution in [1.29, 1.82) is 0 Å². The number of hydrogen-bond donors (Lipinski definition) is 0. The van der Waals surface area contributed by atoms with E-state index >= 15 is 0 Å². The van der Waals surface area contributed by atoms with E-state index in [2.05, 4.69) is 26.1 Å². The van der Waals surface area contributed by atoms with Crippen molar-refractivity contribution in [3.05, 3.63) is 33.2 Å². The topological polar surface area (TPSA) is 35.0 Å². The Morgan fingerprint density at radius 1 is 1.16 bits per heavy atom. The summed E-state index contributed by atoms with van der Waals surface area (Å²) in [6.45, 7) is 0. The molecule has 0 amide bonds. The Balaban J connectivity index is 2.29. The fourth-order valence-corrected chi connectivity index (χ4v) is 2.05. The number of aromatic nitrogens is 2. The molecule has 0 aliphatic carbocycles. The molecular weight excluding hydrogens is 359 g/mol. The molecule has 1 heterocycles. The summed E-state index contributed by atoms with van der Waals surface area (Å²) < 4.78 is 68.1.